The van der Waals surface area contributed by atoms with Crippen molar-refractivity contribution in [3.05, 3.63) is 11.4 Å². The van der Waals surface area contributed by atoms with E-state index in [9.17, 15) is 0 Å². The largest absolute Gasteiger partial charge is 0.179 e. The van der Waals surface area contributed by atoms with Crippen LogP contribution in [0.25, 0.3) is 0 Å². The van der Waals surface area contributed by atoms with E-state index >= 15 is 0 Å². The Balaban J connectivity index is 3.15. The molecule has 0 saturated heterocycles. The highest BCUT2D eigenvalue weighted by atomic mass is 15.5. The lowest BCUT2D eigenvalue weighted by molar-refractivity contribution is 0.304. The van der Waals surface area contributed by atoms with Crippen LogP contribution in [0.5, 0.6) is 0 Å². The van der Waals surface area contributed by atoms with Gasteiger partial charge in [-0.1, -0.05) is 41.5 Å². The second-order valence-corrected chi connectivity index (χ2v) is 9.03. The molecule has 0 aliphatic heterocycles. The van der Waals surface area contributed by atoms with Crippen LogP contribution in [0.1, 0.15) is 73.7 Å². The predicted molar refractivity (Wildman–Crippen MR) is 81.3 cm³/mol. The first-order valence-electron chi connectivity index (χ1n) is 7.24. The second kappa shape index (κ2) is 4.92. The molecule has 110 valence electrons. The monoisotopic (exact) mass is 265 g/mol. The molecule has 1 aromatic rings. The van der Waals surface area contributed by atoms with Crippen molar-refractivity contribution in [3.63, 3.8) is 0 Å². The van der Waals surface area contributed by atoms with Crippen LogP contribution in [0.4, 0.5) is 0 Å². The van der Waals surface area contributed by atoms with Gasteiger partial charge in [-0.25, -0.2) is 0 Å². The molecule has 3 nitrogen and oxygen atoms in total. The van der Waals surface area contributed by atoms with Crippen molar-refractivity contribution in [2.24, 2.45) is 10.8 Å². The lowest BCUT2D eigenvalue weighted by Gasteiger charge is -2.20. The highest BCUT2D eigenvalue weighted by Gasteiger charge is 2.25. The van der Waals surface area contributed by atoms with Gasteiger partial charge in [0.15, 0.2) is 0 Å². The van der Waals surface area contributed by atoms with Crippen LogP contribution in [0, 0.1) is 10.8 Å². The molecule has 0 bridgehead atoms. The summed E-state index contributed by atoms with van der Waals surface area (Å²) in [5.41, 5.74) is 2.76. The number of hydrogen-bond acceptors (Lipinski definition) is 2. The summed E-state index contributed by atoms with van der Waals surface area (Å²) in [6, 6.07) is 0. The predicted octanol–water partition coefficient (Wildman–Crippen LogP) is 4.21. The minimum Gasteiger partial charge on any atom is -0.179 e. The normalized spacial score (nSPS) is 13.9. The van der Waals surface area contributed by atoms with Gasteiger partial charge in [0.1, 0.15) is 0 Å². The smallest absolute Gasteiger partial charge is 0.0865 e. The van der Waals surface area contributed by atoms with E-state index in [1.165, 1.54) is 0 Å². The summed E-state index contributed by atoms with van der Waals surface area (Å²) in [6.07, 6.45) is 1.96. The molecule has 0 aliphatic carbocycles. The Bertz CT molecular complexity index is 389. The van der Waals surface area contributed by atoms with Gasteiger partial charge in [-0.2, -0.15) is 15.0 Å². The number of rotatable bonds is 2. The molecule has 0 aromatic carbocycles. The van der Waals surface area contributed by atoms with Crippen LogP contribution in [0.3, 0.4) is 0 Å². The fourth-order valence-corrected chi connectivity index (χ4v) is 1.95. The third-order valence-electron chi connectivity index (χ3n) is 2.76. The Kier molecular flexibility index (Phi) is 4.19. The Labute approximate surface area is 118 Å². The Hall–Kier alpha value is -0.860. The summed E-state index contributed by atoms with van der Waals surface area (Å²) in [5.74, 6) is 0. The molecule has 0 N–H and O–H groups in total. The van der Waals surface area contributed by atoms with Crippen molar-refractivity contribution in [3.8, 4) is 0 Å². The maximum absolute atomic E-state index is 4.76. The Morgan fingerprint density at radius 2 is 1.00 bits per heavy atom. The molecule has 0 saturated carbocycles. The lowest BCUT2D eigenvalue weighted by atomic mass is 9.86. The zero-order valence-electron chi connectivity index (χ0n) is 14.3. The van der Waals surface area contributed by atoms with Gasteiger partial charge in [0.2, 0.25) is 0 Å². The molecule has 1 rings (SSSR count). The van der Waals surface area contributed by atoms with E-state index in [1.54, 1.807) is 0 Å². The van der Waals surface area contributed by atoms with E-state index in [0.29, 0.717) is 0 Å². The molecule has 0 radical (unpaired) electrons. The van der Waals surface area contributed by atoms with E-state index < -0.39 is 0 Å². The molecular weight excluding hydrogens is 234 g/mol. The maximum Gasteiger partial charge on any atom is 0.0865 e. The quantitative estimate of drug-likeness (QED) is 0.802. The van der Waals surface area contributed by atoms with E-state index in [4.69, 9.17) is 10.2 Å². The first-order chi connectivity index (χ1) is 8.28. The van der Waals surface area contributed by atoms with E-state index in [1.807, 2.05) is 4.80 Å². The van der Waals surface area contributed by atoms with Crippen molar-refractivity contribution in [1.82, 2.24) is 15.0 Å². The number of hydrogen-bond donors (Lipinski definition) is 0. The fourth-order valence-electron chi connectivity index (χ4n) is 1.95. The number of aromatic nitrogens is 3. The summed E-state index contributed by atoms with van der Waals surface area (Å²) < 4.78 is 0. The van der Waals surface area contributed by atoms with Crippen molar-refractivity contribution < 1.29 is 0 Å². The van der Waals surface area contributed by atoms with Crippen molar-refractivity contribution in [1.29, 1.82) is 0 Å². The SMILES string of the molecule is CC(C)(C)Cc1nn(C(C)(C)C)nc1CC(C)(C)C. The summed E-state index contributed by atoms with van der Waals surface area (Å²) in [4.78, 5) is 1.88. The van der Waals surface area contributed by atoms with Gasteiger partial charge in [0, 0.05) is 0 Å². The molecule has 19 heavy (non-hydrogen) atoms. The third kappa shape index (κ3) is 5.33. The Morgan fingerprint density at radius 3 is 1.21 bits per heavy atom. The molecule has 1 heterocycles. The zero-order valence-corrected chi connectivity index (χ0v) is 14.3. The third-order valence-corrected chi connectivity index (χ3v) is 2.76. The van der Waals surface area contributed by atoms with Crippen molar-refractivity contribution in [2.75, 3.05) is 0 Å². The molecule has 1 aromatic heterocycles. The van der Waals surface area contributed by atoms with Gasteiger partial charge < -0.3 is 0 Å². The van der Waals surface area contributed by atoms with Crippen LogP contribution >= 0.6 is 0 Å². The maximum atomic E-state index is 4.76. The first-order valence-corrected chi connectivity index (χ1v) is 7.24. The summed E-state index contributed by atoms with van der Waals surface area (Å²) in [7, 11) is 0. The highest BCUT2D eigenvalue weighted by molar-refractivity contribution is 5.13. The summed E-state index contributed by atoms with van der Waals surface area (Å²) in [5, 5.41) is 9.51. The van der Waals surface area contributed by atoms with Crippen LogP contribution in [-0.2, 0) is 18.4 Å². The van der Waals surface area contributed by atoms with Gasteiger partial charge >= 0.3 is 0 Å². The highest BCUT2D eigenvalue weighted by Crippen LogP contribution is 2.27. The molecule has 0 atom stereocenters. The molecule has 0 amide bonds. The molecule has 3 heteroatoms. The van der Waals surface area contributed by atoms with Crippen LogP contribution < -0.4 is 0 Å². The Morgan fingerprint density at radius 1 is 0.684 bits per heavy atom. The average Bonchev–Trinajstić information content (AvgIpc) is 2.41. The number of nitrogens with zero attached hydrogens (tertiary/aromatic N) is 3. The summed E-state index contributed by atoms with van der Waals surface area (Å²) >= 11 is 0. The summed E-state index contributed by atoms with van der Waals surface area (Å²) in [6.45, 7) is 20.0. The minimum atomic E-state index is -0.0528. The van der Waals surface area contributed by atoms with Gasteiger partial charge in [-0.15, -0.1) is 0 Å². The second-order valence-electron chi connectivity index (χ2n) is 9.03. The van der Waals surface area contributed by atoms with Gasteiger partial charge in [0.05, 0.1) is 16.9 Å². The molecule has 0 spiro atoms. The van der Waals surface area contributed by atoms with Crippen LogP contribution in [0.15, 0.2) is 0 Å². The standard InChI is InChI=1S/C16H31N3/c1-14(2,3)10-12-13(11-15(4,5)6)18-19(17-12)16(7,8)9/h10-11H2,1-9H3. The lowest BCUT2D eigenvalue weighted by Crippen LogP contribution is -2.25. The van der Waals surface area contributed by atoms with Gasteiger partial charge in [-0.05, 0) is 44.4 Å². The van der Waals surface area contributed by atoms with Crippen LogP contribution in [0.2, 0.25) is 0 Å². The zero-order chi connectivity index (χ0) is 15.1. The van der Waals surface area contributed by atoms with Crippen molar-refractivity contribution in [2.45, 2.75) is 80.7 Å². The molecule has 0 fully saturated rings. The molecule has 0 unspecified atom stereocenters. The van der Waals surface area contributed by atoms with Crippen molar-refractivity contribution >= 4 is 0 Å². The first kappa shape index (κ1) is 16.2. The van der Waals surface area contributed by atoms with Gasteiger partial charge in [-0.3, -0.25) is 0 Å². The fraction of sp³-hybridized carbons (Fsp3) is 0.875. The van der Waals surface area contributed by atoms with E-state index in [0.717, 1.165) is 24.2 Å². The topological polar surface area (TPSA) is 30.7 Å². The van der Waals surface area contributed by atoms with E-state index in [-0.39, 0.29) is 16.4 Å². The molecule has 0 aliphatic rings. The van der Waals surface area contributed by atoms with E-state index in [2.05, 4.69) is 62.3 Å². The molecular formula is C16H31N3. The van der Waals surface area contributed by atoms with Crippen LogP contribution in [-0.4, -0.2) is 15.0 Å². The minimum absolute atomic E-state index is 0.0528. The van der Waals surface area contributed by atoms with Gasteiger partial charge in [0.25, 0.3) is 0 Å². The average molecular weight is 265 g/mol.